The quantitative estimate of drug-likeness (QED) is 0.125. The number of esters is 2. The summed E-state index contributed by atoms with van der Waals surface area (Å²) < 4.78 is 43.8. The van der Waals surface area contributed by atoms with Gasteiger partial charge < -0.3 is 63.3 Å². The molecule has 0 aromatic carbocycles. The van der Waals surface area contributed by atoms with Crippen molar-refractivity contribution in [3.05, 3.63) is 0 Å². The topological polar surface area (TPSA) is 204 Å². The molecule has 16 heteroatoms. The first-order chi connectivity index (χ1) is 27.4. The Labute approximate surface area is 352 Å². The Morgan fingerprint density at radius 1 is 0.949 bits per heavy atom. The van der Waals surface area contributed by atoms with E-state index in [0.29, 0.717) is 18.7 Å². The highest BCUT2D eigenvalue weighted by molar-refractivity contribution is 5.88. The SMILES string of the molecule is CCCCO/N=C1\[C@H](C)CC(C)(O)[C@H](O[C@@H]2O[C@H](C)C[C@H](N(C)C)[C@H]2O)[C@@H](C)[C@H](O[C@H]2C[C@@](C)(OC)[C@@H](OC(C)=O)[C@H](C)O2)[C@@H](C)C(=O)O[C@H](CC)[C@@](C)(O)[C@H](O)[C@H]1C. The Kier molecular flexibility index (Phi) is 18.6. The van der Waals surface area contributed by atoms with Gasteiger partial charge in [0.05, 0.1) is 47.8 Å². The summed E-state index contributed by atoms with van der Waals surface area (Å²) in [5.74, 6) is -4.50. The molecule has 3 heterocycles. The van der Waals surface area contributed by atoms with Crippen LogP contribution in [0.3, 0.4) is 0 Å². The molecule has 18 atom stereocenters. The Bertz CT molecular complexity index is 1380. The van der Waals surface area contributed by atoms with E-state index in [2.05, 4.69) is 5.16 Å². The van der Waals surface area contributed by atoms with Crippen molar-refractivity contribution >= 4 is 17.7 Å². The first kappa shape index (κ1) is 51.4. The minimum atomic E-state index is -1.93. The van der Waals surface area contributed by atoms with Crippen LogP contribution >= 0.6 is 0 Å². The van der Waals surface area contributed by atoms with Gasteiger partial charge in [-0.2, -0.15) is 0 Å². The average molecular weight is 847 g/mol. The van der Waals surface area contributed by atoms with E-state index in [0.717, 1.165) is 12.8 Å². The van der Waals surface area contributed by atoms with E-state index in [1.54, 1.807) is 48.5 Å². The van der Waals surface area contributed by atoms with E-state index in [4.69, 9.17) is 38.0 Å². The molecule has 0 aromatic rings. The van der Waals surface area contributed by atoms with Crippen LogP contribution in [-0.2, 0) is 47.6 Å². The lowest BCUT2D eigenvalue weighted by Crippen LogP contribution is -2.61. The summed E-state index contributed by atoms with van der Waals surface area (Å²) >= 11 is 0. The maximum absolute atomic E-state index is 14.4. The van der Waals surface area contributed by atoms with Gasteiger partial charge in [0.1, 0.15) is 30.0 Å². The summed E-state index contributed by atoms with van der Waals surface area (Å²) in [6, 6.07) is -0.323. The number of hydrogen-bond acceptors (Lipinski definition) is 16. The van der Waals surface area contributed by atoms with Crippen LogP contribution in [0.15, 0.2) is 5.16 Å². The van der Waals surface area contributed by atoms with Crippen LogP contribution < -0.4 is 0 Å². The van der Waals surface area contributed by atoms with Crippen molar-refractivity contribution in [1.82, 2.24) is 4.90 Å². The van der Waals surface area contributed by atoms with Crippen molar-refractivity contribution in [2.45, 2.75) is 206 Å². The molecule has 3 saturated heterocycles. The summed E-state index contributed by atoms with van der Waals surface area (Å²) in [7, 11) is 5.24. The maximum atomic E-state index is 14.4. The predicted octanol–water partition coefficient (Wildman–Crippen LogP) is 3.96. The number of unbranched alkanes of at least 4 members (excludes halogenated alkanes) is 1. The smallest absolute Gasteiger partial charge is 0.311 e. The molecule has 59 heavy (non-hydrogen) atoms. The predicted molar refractivity (Wildman–Crippen MR) is 219 cm³/mol. The van der Waals surface area contributed by atoms with E-state index in [-0.39, 0.29) is 31.4 Å². The van der Waals surface area contributed by atoms with Crippen molar-refractivity contribution in [2.75, 3.05) is 27.8 Å². The molecular formula is C43H78N2O14. The fourth-order valence-corrected chi connectivity index (χ4v) is 9.31. The Hall–Kier alpha value is -1.99. The van der Waals surface area contributed by atoms with Crippen LogP contribution in [-0.4, -0.2) is 155 Å². The third kappa shape index (κ3) is 12.4. The number of oxime groups is 1. The zero-order chi connectivity index (χ0) is 44.8. The van der Waals surface area contributed by atoms with Crippen LogP contribution in [0, 0.1) is 23.7 Å². The molecule has 0 aliphatic carbocycles. The van der Waals surface area contributed by atoms with Gasteiger partial charge in [-0.1, -0.05) is 46.2 Å². The number of carbonyl (C=O) groups is 2. The molecule has 0 amide bonds. The number of hydrogen-bond donors (Lipinski definition) is 4. The molecule has 16 nitrogen and oxygen atoms in total. The molecule has 0 radical (unpaired) electrons. The molecular weight excluding hydrogens is 768 g/mol. The highest BCUT2D eigenvalue weighted by Crippen LogP contribution is 2.41. The van der Waals surface area contributed by atoms with Gasteiger partial charge in [0.15, 0.2) is 18.7 Å². The zero-order valence-electron chi connectivity index (χ0n) is 38.4. The lowest BCUT2D eigenvalue weighted by molar-refractivity contribution is -0.318. The maximum Gasteiger partial charge on any atom is 0.311 e. The fourth-order valence-electron chi connectivity index (χ4n) is 9.31. The first-order valence-corrected chi connectivity index (χ1v) is 21.6. The molecule has 344 valence electrons. The summed E-state index contributed by atoms with van der Waals surface area (Å²) in [5, 5.41) is 52.8. The highest BCUT2D eigenvalue weighted by atomic mass is 16.7. The molecule has 0 saturated carbocycles. The van der Waals surface area contributed by atoms with Gasteiger partial charge in [-0.3, -0.25) is 9.59 Å². The molecule has 4 N–H and O–H groups in total. The van der Waals surface area contributed by atoms with E-state index in [9.17, 15) is 30.0 Å². The second-order valence-electron chi connectivity index (χ2n) is 18.4. The third-order valence-corrected chi connectivity index (χ3v) is 12.9. The number of ether oxygens (including phenoxy) is 7. The second-order valence-corrected chi connectivity index (χ2v) is 18.4. The monoisotopic (exact) mass is 847 g/mol. The molecule has 1 unspecified atom stereocenters. The van der Waals surface area contributed by atoms with Crippen molar-refractivity contribution in [1.29, 1.82) is 0 Å². The minimum Gasteiger partial charge on any atom is -0.459 e. The Balaban J connectivity index is 2.25. The first-order valence-electron chi connectivity index (χ1n) is 21.6. The highest BCUT2D eigenvalue weighted by Gasteiger charge is 2.54. The van der Waals surface area contributed by atoms with Crippen molar-refractivity contribution in [3.63, 3.8) is 0 Å². The number of aliphatic hydroxyl groups is 4. The van der Waals surface area contributed by atoms with Gasteiger partial charge in [0.25, 0.3) is 0 Å². The molecule has 0 aromatic heterocycles. The summed E-state index contributed by atoms with van der Waals surface area (Å²) in [4.78, 5) is 34.2. The second kappa shape index (κ2) is 21.4. The van der Waals surface area contributed by atoms with Gasteiger partial charge in [-0.05, 0) is 81.3 Å². The summed E-state index contributed by atoms with van der Waals surface area (Å²) in [5.41, 5.74) is -4.34. The Morgan fingerprint density at radius 2 is 1.59 bits per heavy atom. The number of likely N-dealkylation sites (N-methyl/N-ethyl adjacent to an activating group) is 1. The molecule has 3 fully saturated rings. The average Bonchev–Trinajstić information content (AvgIpc) is 3.15. The summed E-state index contributed by atoms with van der Waals surface area (Å²) in [6.45, 7) is 20.9. The largest absolute Gasteiger partial charge is 0.459 e. The van der Waals surface area contributed by atoms with Crippen molar-refractivity contribution < 1.29 is 68.0 Å². The van der Waals surface area contributed by atoms with Gasteiger partial charge in [0, 0.05) is 44.2 Å². The van der Waals surface area contributed by atoms with E-state index in [1.165, 1.54) is 21.0 Å². The summed E-state index contributed by atoms with van der Waals surface area (Å²) in [6.07, 6.45) is -7.51. The zero-order valence-corrected chi connectivity index (χ0v) is 38.4. The van der Waals surface area contributed by atoms with Crippen LogP contribution in [0.2, 0.25) is 0 Å². The van der Waals surface area contributed by atoms with Gasteiger partial charge >= 0.3 is 11.9 Å². The van der Waals surface area contributed by atoms with Gasteiger partial charge in [0.2, 0.25) is 0 Å². The molecule has 3 aliphatic rings. The normalized spacial score (nSPS) is 45.1. The number of cyclic esters (lactones) is 1. The number of methoxy groups -OCH3 is 1. The van der Waals surface area contributed by atoms with Crippen LogP contribution in [0.25, 0.3) is 0 Å². The van der Waals surface area contributed by atoms with Crippen LogP contribution in [0.1, 0.15) is 122 Å². The van der Waals surface area contributed by atoms with Gasteiger partial charge in [-0.15, -0.1) is 0 Å². The molecule has 0 bridgehead atoms. The standard InChI is InChI=1S/C43H78N2O14/c1-16-18-19-53-44-33-23(3)21-41(10,50)37(59-40-34(47)30(45(13)14)20-24(4)54-40)26(6)35(27(7)39(49)57-31(17-2)43(12,51)36(48)25(33)5)58-32-22-42(11,52-15)38(28(8)55-32)56-29(9)46/h23-28,30-32,34-38,40,47-48,50-51H,16-22H2,1-15H3/b44-33+/t23-,24-,25+,26+,27-,28+,30+,31-,32+,34-,35+,36-,37-,38+,40+,41?,42-,43-/m1/s1. The number of rotatable bonds is 12. The van der Waals surface area contributed by atoms with E-state index >= 15 is 0 Å². The number of carbonyl (C=O) groups excluding carboxylic acids is 2. The van der Waals surface area contributed by atoms with Gasteiger partial charge in [-0.25, -0.2) is 0 Å². The molecule has 3 aliphatic heterocycles. The van der Waals surface area contributed by atoms with Crippen LogP contribution in [0.5, 0.6) is 0 Å². The fraction of sp³-hybridized carbons (Fsp3) is 0.930. The van der Waals surface area contributed by atoms with E-state index < -0.39 is 108 Å². The minimum absolute atomic E-state index is 0.0121. The molecule has 0 spiro atoms. The Morgan fingerprint density at radius 3 is 2.15 bits per heavy atom. The lowest BCUT2D eigenvalue weighted by atomic mass is 9.73. The number of nitrogens with zero attached hydrogens (tertiary/aromatic N) is 2. The van der Waals surface area contributed by atoms with Crippen molar-refractivity contribution in [2.24, 2.45) is 28.8 Å². The lowest BCUT2D eigenvalue weighted by Gasteiger charge is -2.49. The van der Waals surface area contributed by atoms with E-state index in [1.807, 2.05) is 39.8 Å². The van der Waals surface area contributed by atoms with Crippen molar-refractivity contribution in [3.8, 4) is 0 Å². The third-order valence-electron chi connectivity index (χ3n) is 12.9. The molecule has 3 rings (SSSR count). The van der Waals surface area contributed by atoms with Crippen LogP contribution in [0.4, 0.5) is 0 Å². The number of aliphatic hydroxyl groups excluding tert-OH is 2.